The molecule has 0 aromatic heterocycles. The van der Waals surface area contributed by atoms with E-state index in [9.17, 15) is 13.2 Å². The van der Waals surface area contributed by atoms with Crippen molar-refractivity contribution < 1.29 is 13.2 Å². The molecule has 4 rings (SSSR count). The van der Waals surface area contributed by atoms with Crippen molar-refractivity contribution in [1.29, 1.82) is 0 Å². The number of benzene rings is 3. The van der Waals surface area contributed by atoms with Crippen LogP contribution in [-0.2, 0) is 0 Å². The molecule has 0 spiro atoms. The molecule has 1 aliphatic rings. The van der Waals surface area contributed by atoms with Crippen LogP contribution in [0.3, 0.4) is 0 Å². The van der Waals surface area contributed by atoms with Gasteiger partial charge in [-0.2, -0.15) is 0 Å². The first-order valence-corrected chi connectivity index (χ1v) is 10.0. The lowest BCUT2D eigenvalue weighted by atomic mass is 9.78. The van der Waals surface area contributed by atoms with Gasteiger partial charge in [0.25, 0.3) is 0 Å². The van der Waals surface area contributed by atoms with Gasteiger partial charge in [-0.1, -0.05) is 48.5 Å². The molecule has 3 aromatic carbocycles. The molecule has 0 N–H and O–H groups in total. The van der Waals surface area contributed by atoms with Crippen molar-refractivity contribution in [2.24, 2.45) is 5.92 Å². The molecule has 0 amide bonds. The predicted octanol–water partition coefficient (Wildman–Crippen LogP) is 7.90. The van der Waals surface area contributed by atoms with E-state index in [0.29, 0.717) is 17.4 Å². The quantitative estimate of drug-likeness (QED) is 0.396. The summed E-state index contributed by atoms with van der Waals surface area (Å²) in [6, 6.07) is 16.6. The fraction of sp³-hybridized carbons (Fsp3) is 0.231. The molecule has 0 unspecified atom stereocenters. The summed E-state index contributed by atoms with van der Waals surface area (Å²) in [7, 11) is 0. The summed E-state index contributed by atoms with van der Waals surface area (Å²) in [4.78, 5) is 0. The Morgan fingerprint density at radius 1 is 0.655 bits per heavy atom. The van der Waals surface area contributed by atoms with Gasteiger partial charge in [0.15, 0.2) is 11.6 Å². The number of hydrogen-bond donors (Lipinski definition) is 0. The molecule has 29 heavy (non-hydrogen) atoms. The zero-order valence-electron chi connectivity index (χ0n) is 16.2. The molecular formula is C26H23F3. The van der Waals surface area contributed by atoms with E-state index >= 15 is 0 Å². The van der Waals surface area contributed by atoms with Crippen LogP contribution in [0.25, 0.3) is 22.3 Å². The van der Waals surface area contributed by atoms with Crippen molar-refractivity contribution >= 4 is 0 Å². The maximum absolute atomic E-state index is 14.7. The van der Waals surface area contributed by atoms with E-state index in [0.717, 1.165) is 23.3 Å². The molecular weight excluding hydrogens is 369 g/mol. The zero-order valence-corrected chi connectivity index (χ0v) is 16.2. The molecule has 1 fully saturated rings. The van der Waals surface area contributed by atoms with Gasteiger partial charge < -0.3 is 0 Å². The molecule has 1 saturated carbocycles. The Balaban J connectivity index is 1.53. The van der Waals surface area contributed by atoms with Crippen LogP contribution in [0.4, 0.5) is 13.2 Å². The van der Waals surface area contributed by atoms with E-state index < -0.39 is 17.5 Å². The summed E-state index contributed by atoms with van der Waals surface area (Å²) in [6.07, 6.45) is 6.79. The molecule has 148 valence electrons. The SMILES string of the molecule is C=CC1CCC(c2ccc(-c3ccc(-c4ccc(F)c(F)c4)c(F)c3)cc2)CC1. The Morgan fingerprint density at radius 2 is 1.28 bits per heavy atom. The van der Waals surface area contributed by atoms with Crippen LogP contribution < -0.4 is 0 Å². The summed E-state index contributed by atoms with van der Waals surface area (Å²) < 4.78 is 41.3. The van der Waals surface area contributed by atoms with Crippen LogP contribution in [0.2, 0.25) is 0 Å². The van der Waals surface area contributed by atoms with E-state index in [1.807, 2.05) is 18.2 Å². The van der Waals surface area contributed by atoms with Crippen molar-refractivity contribution in [1.82, 2.24) is 0 Å². The first-order valence-electron chi connectivity index (χ1n) is 10.0. The Bertz CT molecular complexity index is 1010. The summed E-state index contributed by atoms with van der Waals surface area (Å²) in [5, 5.41) is 0. The van der Waals surface area contributed by atoms with Gasteiger partial charge in [-0.05, 0) is 78.0 Å². The minimum absolute atomic E-state index is 0.253. The summed E-state index contributed by atoms with van der Waals surface area (Å²) >= 11 is 0. The van der Waals surface area contributed by atoms with Crippen LogP contribution in [0, 0.1) is 23.4 Å². The van der Waals surface area contributed by atoms with Gasteiger partial charge in [0.1, 0.15) is 5.82 Å². The van der Waals surface area contributed by atoms with E-state index in [4.69, 9.17) is 0 Å². The lowest BCUT2D eigenvalue weighted by Crippen LogP contribution is -2.11. The molecule has 0 bridgehead atoms. The minimum Gasteiger partial charge on any atom is -0.206 e. The second-order valence-corrected chi connectivity index (χ2v) is 7.79. The van der Waals surface area contributed by atoms with E-state index in [2.05, 4.69) is 24.8 Å². The van der Waals surface area contributed by atoms with Gasteiger partial charge in [-0.25, -0.2) is 13.2 Å². The predicted molar refractivity (Wildman–Crippen MR) is 112 cm³/mol. The van der Waals surface area contributed by atoms with Crippen molar-refractivity contribution in [3.05, 3.63) is 96.3 Å². The van der Waals surface area contributed by atoms with Crippen LogP contribution in [0.1, 0.15) is 37.2 Å². The average molecular weight is 392 g/mol. The molecule has 0 heterocycles. The van der Waals surface area contributed by atoms with Crippen molar-refractivity contribution in [2.45, 2.75) is 31.6 Å². The van der Waals surface area contributed by atoms with Crippen molar-refractivity contribution in [3.63, 3.8) is 0 Å². The summed E-state index contributed by atoms with van der Waals surface area (Å²) in [5.41, 5.74) is 3.59. The fourth-order valence-electron chi connectivity index (χ4n) is 4.23. The Hall–Kier alpha value is -2.81. The summed E-state index contributed by atoms with van der Waals surface area (Å²) in [6.45, 7) is 3.90. The van der Waals surface area contributed by atoms with Crippen molar-refractivity contribution in [3.8, 4) is 22.3 Å². The molecule has 0 saturated heterocycles. The van der Waals surface area contributed by atoms with Gasteiger partial charge in [-0.3, -0.25) is 0 Å². The number of halogens is 3. The van der Waals surface area contributed by atoms with E-state index in [1.165, 1.54) is 43.4 Å². The standard InChI is InChI=1S/C26H23F3/c1-2-17-3-5-18(6-4-17)19-7-9-20(10-8-19)21-11-13-23(25(28)15-21)22-12-14-24(27)26(29)16-22/h2,7-18H,1,3-6H2. The summed E-state index contributed by atoms with van der Waals surface area (Å²) in [5.74, 6) is -1.16. The maximum atomic E-state index is 14.7. The molecule has 0 aliphatic heterocycles. The lowest BCUT2D eigenvalue weighted by Gasteiger charge is -2.27. The third-order valence-electron chi connectivity index (χ3n) is 6.02. The van der Waals surface area contributed by atoms with E-state index in [1.54, 1.807) is 6.07 Å². The molecule has 0 nitrogen and oxygen atoms in total. The van der Waals surface area contributed by atoms with Crippen LogP contribution in [-0.4, -0.2) is 0 Å². The van der Waals surface area contributed by atoms with Crippen LogP contribution in [0.15, 0.2) is 73.3 Å². The second-order valence-electron chi connectivity index (χ2n) is 7.79. The largest absolute Gasteiger partial charge is 0.206 e. The minimum atomic E-state index is -0.983. The normalized spacial score (nSPS) is 19.1. The molecule has 0 radical (unpaired) electrons. The molecule has 3 aromatic rings. The highest BCUT2D eigenvalue weighted by atomic mass is 19.2. The van der Waals surface area contributed by atoms with Gasteiger partial charge in [0.05, 0.1) is 0 Å². The first kappa shape index (κ1) is 19.5. The number of hydrogen-bond acceptors (Lipinski definition) is 0. The lowest BCUT2D eigenvalue weighted by molar-refractivity contribution is 0.376. The van der Waals surface area contributed by atoms with E-state index in [-0.39, 0.29) is 5.56 Å². The first-order chi connectivity index (χ1) is 14.0. The maximum Gasteiger partial charge on any atom is 0.159 e. The Labute approximate surface area is 169 Å². The van der Waals surface area contributed by atoms with Crippen LogP contribution >= 0.6 is 0 Å². The monoisotopic (exact) mass is 392 g/mol. The smallest absolute Gasteiger partial charge is 0.159 e. The molecule has 0 atom stereocenters. The second kappa shape index (κ2) is 8.28. The number of allylic oxidation sites excluding steroid dienone is 1. The highest BCUT2D eigenvalue weighted by molar-refractivity contribution is 5.71. The molecule has 1 aliphatic carbocycles. The van der Waals surface area contributed by atoms with Crippen LogP contribution in [0.5, 0.6) is 0 Å². The number of rotatable bonds is 4. The third kappa shape index (κ3) is 4.14. The highest BCUT2D eigenvalue weighted by Crippen LogP contribution is 2.37. The van der Waals surface area contributed by atoms with Gasteiger partial charge in [0.2, 0.25) is 0 Å². The fourth-order valence-corrected chi connectivity index (χ4v) is 4.23. The topological polar surface area (TPSA) is 0 Å². The van der Waals surface area contributed by atoms with Crippen molar-refractivity contribution in [2.75, 3.05) is 0 Å². The zero-order chi connectivity index (χ0) is 20.4. The Kier molecular flexibility index (Phi) is 5.57. The van der Waals surface area contributed by atoms with Gasteiger partial charge in [0, 0.05) is 5.56 Å². The van der Waals surface area contributed by atoms with Gasteiger partial charge in [-0.15, -0.1) is 6.58 Å². The third-order valence-corrected chi connectivity index (χ3v) is 6.02. The molecule has 3 heteroatoms. The highest BCUT2D eigenvalue weighted by Gasteiger charge is 2.20. The average Bonchev–Trinajstić information content (AvgIpc) is 2.76. The van der Waals surface area contributed by atoms with Gasteiger partial charge >= 0.3 is 0 Å². The Morgan fingerprint density at radius 3 is 1.90 bits per heavy atom.